The molecule has 0 radical (unpaired) electrons. The molecule has 0 aliphatic carbocycles. The quantitative estimate of drug-likeness (QED) is 0.0169. The normalized spacial score (nSPS) is 14.5. The standard InChI is InChI=1S/C89H152O17P2/c1-5-9-13-17-21-25-29-33-37-39-41-43-47-49-53-57-61-65-69-73-86(91)99-79-84(105-88(93)75-71-67-63-59-55-51-45-35-31-27-23-19-15-11-7-3)81-103-107(95,96)101-77-83(90)78-102-108(97,98)104-82-85(106-89(94)76-72-68-64-60-56-52-46-36-32-28-24-20-16-12-8-4)80-100-87(92)74-70-66-62-58-54-50-48-44-42-40-38-34-30-26-22-18-14-10-6-2/h11,15,21-23,25-27,33-38,41-46,55,59,83-85,90H,5-10,12-14,16-20,24,28-32,39-40,47-54,56-58,60-82H2,1-4H3,(H,95,96)(H,97,98)/b15-11-,25-21-,26-22-,27-23-,37-33-,38-34-,43-41-,44-42-,45-35-,46-36-,59-55-. The summed E-state index contributed by atoms with van der Waals surface area (Å²) in [7, 11) is -9.99. The Morgan fingerprint density at radius 1 is 0.269 bits per heavy atom. The van der Waals surface area contributed by atoms with E-state index in [1.54, 1.807) is 0 Å². The molecule has 17 nitrogen and oxygen atoms in total. The molecular formula is C89H152O17P2. The third-order valence-corrected chi connectivity index (χ3v) is 19.5. The highest BCUT2D eigenvalue weighted by molar-refractivity contribution is 7.47. The Balaban J connectivity index is 5.41. The summed E-state index contributed by atoms with van der Waals surface area (Å²) in [5, 5.41) is 10.7. The van der Waals surface area contributed by atoms with Crippen molar-refractivity contribution in [3.63, 3.8) is 0 Å². The van der Waals surface area contributed by atoms with Crippen LogP contribution in [0.3, 0.4) is 0 Å². The van der Waals surface area contributed by atoms with Gasteiger partial charge in [0.15, 0.2) is 12.2 Å². The Morgan fingerprint density at radius 2 is 0.481 bits per heavy atom. The number of aliphatic hydroxyl groups is 1. The van der Waals surface area contributed by atoms with Crippen LogP contribution in [0.4, 0.5) is 0 Å². The van der Waals surface area contributed by atoms with Crippen molar-refractivity contribution in [2.75, 3.05) is 39.6 Å². The monoisotopic (exact) mass is 1560 g/mol. The molecule has 0 saturated heterocycles. The number of hydrogen-bond donors (Lipinski definition) is 3. The highest BCUT2D eigenvalue weighted by Gasteiger charge is 2.30. The number of allylic oxidation sites excluding steroid dienone is 22. The Kier molecular flexibility index (Phi) is 76.7. The van der Waals surface area contributed by atoms with Crippen molar-refractivity contribution in [2.24, 2.45) is 0 Å². The molecule has 0 saturated carbocycles. The first-order valence-corrected chi connectivity index (χ1v) is 45.4. The topological polar surface area (TPSA) is 237 Å². The Morgan fingerprint density at radius 3 is 0.787 bits per heavy atom. The van der Waals surface area contributed by atoms with Crippen LogP contribution in [-0.4, -0.2) is 96.7 Å². The van der Waals surface area contributed by atoms with Crippen LogP contribution in [-0.2, 0) is 65.4 Å². The van der Waals surface area contributed by atoms with Crippen LogP contribution in [0, 0.1) is 0 Å². The van der Waals surface area contributed by atoms with Crippen LogP contribution < -0.4 is 0 Å². The molecular weight excluding hydrogens is 1400 g/mol. The molecule has 5 unspecified atom stereocenters. The SMILES string of the molecule is CC/C=C\C/C=C\C/C=C\C/C=C\CCCCC(=O)OC(COC(=O)CCCCCCCC/C=C\C/C=C\C/C=C\CCCCC)COP(=O)(O)OCC(O)COP(=O)(O)OCC(COC(=O)CCCCCCCC/C=C\C/C=C\C/C=C\CCCCC)OC(=O)CCCCCCC/C=C\CCCCCCCC. The van der Waals surface area contributed by atoms with E-state index in [9.17, 15) is 43.2 Å². The summed E-state index contributed by atoms with van der Waals surface area (Å²) < 4.78 is 68.7. The molecule has 108 heavy (non-hydrogen) atoms. The molecule has 0 fully saturated rings. The summed E-state index contributed by atoms with van der Waals surface area (Å²) in [6.07, 6.45) is 91.3. The zero-order chi connectivity index (χ0) is 78.9. The van der Waals surface area contributed by atoms with Crippen LogP contribution >= 0.6 is 15.6 Å². The van der Waals surface area contributed by atoms with Gasteiger partial charge >= 0.3 is 39.5 Å². The molecule has 0 amide bonds. The molecule has 0 rings (SSSR count). The van der Waals surface area contributed by atoms with Gasteiger partial charge in [0.25, 0.3) is 0 Å². The van der Waals surface area contributed by atoms with Gasteiger partial charge in [0.05, 0.1) is 26.4 Å². The molecule has 0 heterocycles. The highest BCUT2D eigenvalue weighted by Crippen LogP contribution is 2.45. The number of hydrogen-bond acceptors (Lipinski definition) is 15. The number of ether oxygens (including phenoxy) is 4. The first kappa shape index (κ1) is 103. The Hall–Kier alpha value is -4.80. The zero-order valence-electron chi connectivity index (χ0n) is 68.0. The number of esters is 4. The molecule has 5 atom stereocenters. The molecule has 19 heteroatoms. The second kappa shape index (κ2) is 80.3. The van der Waals surface area contributed by atoms with Crippen molar-refractivity contribution in [3.05, 3.63) is 134 Å². The maximum absolute atomic E-state index is 13.1. The van der Waals surface area contributed by atoms with E-state index in [0.29, 0.717) is 32.1 Å². The van der Waals surface area contributed by atoms with E-state index in [-0.39, 0.29) is 25.7 Å². The van der Waals surface area contributed by atoms with Crippen molar-refractivity contribution < 1.29 is 80.2 Å². The molecule has 0 aromatic carbocycles. The Labute approximate surface area is 656 Å². The predicted molar refractivity (Wildman–Crippen MR) is 445 cm³/mol. The number of carbonyl (C=O) groups is 4. The minimum absolute atomic E-state index is 0.0366. The lowest BCUT2D eigenvalue weighted by Gasteiger charge is -2.21. The molecule has 0 aliphatic heterocycles. The van der Waals surface area contributed by atoms with Gasteiger partial charge in [0.1, 0.15) is 19.3 Å². The van der Waals surface area contributed by atoms with Crippen molar-refractivity contribution in [1.82, 2.24) is 0 Å². The van der Waals surface area contributed by atoms with Gasteiger partial charge in [-0.1, -0.05) is 290 Å². The number of carbonyl (C=O) groups excluding carboxylic acids is 4. The van der Waals surface area contributed by atoms with E-state index in [1.807, 2.05) is 0 Å². The maximum atomic E-state index is 13.1. The van der Waals surface area contributed by atoms with E-state index in [4.69, 9.17) is 37.0 Å². The van der Waals surface area contributed by atoms with Gasteiger partial charge in [-0.15, -0.1) is 0 Å². The van der Waals surface area contributed by atoms with E-state index >= 15 is 0 Å². The van der Waals surface area contributed by atoms with Crippen LogP contribution in [0.1, 0.15) is 349 Å². The van der Waals surface area contributed by atoms with Crippen molar-refractivity contribution in [3.8, 4) is 0 Å². The summed E-state index contributed by atoms with van der Waals surface area (Å²) in [5.41, 5.74) is 0. The van der Waals surface area contributed by atoms with Crippen molar-refractivity contribution in [2.45, 2.75) is 367 Å². The van der Waals surface area contributed by atoms with Gasteiger partial charge in [-0.25, -0.2) is 9.13 Å². The van der Waals surface area contributed by atoms with Crippen LogP contribution in [0.25, 0.3) is 0 Å². The number of phosphoric ester groups is 2. The second-order valence-electron chi connectivity index (χ2n) is 28.0. The van der Waals surface area contributed by atoms with Gasteiger partial charge in [0.2, 0.25) is 0 Å². The lowest BCUT2D eigenvalue weighted by Crippen LogP contribution is -2.30. The van der Waals surface area contributed by atoms with E-state index < -0.39 is 97.5 Å². The Bertz CT molecular complexity index is 2560. The molecule has 0 aromatic rings. The minimum Gasteiger partial charge on any atom is -0.462 e. The minimum atomic E-state index is -5.00. The number of phosphoric acid groups is 2. The lowest BCUT2D eigenvalue weighted by molar-refractivity contribution is -0.161. The maximum Gasteiger partial charge on any atom is 0.472 e. The molecule has 0 aliphatic rings. The summed E-state index contributed by atoms with van der Waals surface area (Å²) in [4.78, 5) is 73.2. The first-order chi connectivity index (χ1) is 52.7. The number of rotatable bonds is 79. The molecule has 0 spiro atoms. The van der Waals surface area contributed by atoms with Crippen molar-refractivity contribution >= 4 is 39.5 Å². The molecule has 620 valence electrons. The number of unbranched alkanes of at least 4 members (excludes halogenated alkanes) is 31. The number of aliphatic hydroxyl groups excluding tert-OH is 1. The zero-order valence-corrected chi connectivity index (χ0v) is 69.8. The van der Waals surface area contributed by atoms with Gasteiger partial charge in [-0.2, -0.15) is 0 Å². The second-order valence-corrected chi connectivity index (χ2v) is 30.9. The highest BCUT2D eigenvalue weighted by atomic mass is 31.2. The average molecular weight is 1560 g/mol. The largest absolute Gasteiger partial charge is 0.472 e. The summed E-state index contributed by atoms with van der Waals surface area (Å²) in [5.74, 6) is -2.25. The molecule has 0 aromatic heterocycles. The van der Waals surface area contributed by atoms with Crippen LogP contribution in [0.5, 0.6) is 0 Å². The molecule has 0 bridgehead atoms. The fraction of sp³-hybridized carbons (Fsp3) is 0.708. The van der Waals surface area contributed by atoms with E-state index in [0.717, 1.165) is 186 Å². The van der Waals surface area contributed by atoms with E-state index in [1.165, 1.54) is 77.0 Å². The summed E-state index contributed by atoms with van der Waals surface area (Å²) in [6, 6.07) is 0. The predicted octanol–water partition coefficient (Wildman–Crippen LogP) is 25.2. The van der Waals surface area contributed by atoms with Crippen LogP contribution in [0.2, 0.25) is 0 Å². The molecule has 3 N–H and O–H groups in total. The average Bonchev–Trinajstić information content (AvgIpc) is 0.907. The first-order valence-electron chi connectivity index (χ1n) is 42.4. The van der Waals surface area contributed by atoms with E-state index in [2.05, 4.69) is 161 Å². The van der Waals surface area contributed by atoms with Crippen molar-refractivity contribution in [1.29, 1.82) is 0 Å². The lowest BCUT2D eigenvalue weighted by atomic mass is 10.1. The summed E-state index contributed by atoms with van der Waals surface area (Å²) in [6.45, 7) is 4.65. The third kappa shape index (κ3) is 79.3. The van der Waals surface area contributed by atoms with Gasteiger partial charge < -0.3 is 33.8 Å². The fourth-order valence-corrected chi connectivity index (χ4v) is 12.7. The van der Waals surface area contributed by atoms with Gasteiger partial charge in [0, 0.05) is 25.7 Å². The summed E-state index contributed by atoms with van der Waals surface area (Å²) >= 11 is 0. The van der Waals surface area contributed by atoms with Gasteiger partial charge in [-0.05, 0) is 167 Å². The smallest absolute Gasteiger partial charge is 0.462 e. The third-order valence-electron chi connectivity index (χ3n) is 17.6. The van der Waals surface area contributed by atoms with Crippen LogP contribution in [0.15, 0.2) is 134 Å². The van der Waals surface area contributed by atoms with Gasteiger partial charge in [-0.3, -0.25) is 37.3 Å². The fourth-order valence-electron chi connectivity index (χ4n) is 11.1.